The summed E-state index contributed by atoms with van der Waals surface area (Å²) in [5.41, 5.74) is -2.42. The van der Waals surface area contributed by atoms with E-state index in [0.717, 1.165) is 18.9 Å². The van der Waals surface area contributed by atoms with Gasteiger partial charge >= 0.3 is 6.18 Å². The van der Waals surface area contributed by atoms with Gasteiger partial charge in [0.05, 0.1) is 45.5 Å². The lowest BCUT2D eigenvalue weighted by Crippen LogP contribution is -2.51. The van der Waals surface area contributed by atoms with E-state index in [1.165, 1.54) is 48.0 Å². The Kier molecular flexibility index (Phi) is 14.5. The Morgan fingerprint density at radius 3 is 2.23 bits per heavy atom. The number of piperazine rings is 1. The monoisotopic (exact) mass is 905 g/mol. The molecule has 1 N–H and O–H groups in total. The summed E-state index contributed by atoms with van der Waals surface area (Å²) in [6.45, 7) is 2.91. The quantitative estimate of drug-likeness (QED) is 0.0728. The Hall–Kier alpha value is -7.11. The molecular weight excluding hydrogens is 859 g/mol. The number of anilines is 1. The zero-order chi connectivity index (χ0) is 47.0. The third-order valence-corrected chi connectivity index (χ3v) is 11.7. The van der Waals surface area contributed by atoms with E-state index in [9.17, 15) is 37.6 Å². The molecule has 7 rings (SSSR count). The third-order valence-electron chi connectivity index (χ3n) is 11.7. The van der Waals surface area contributed by atoms with E-state index >= 15 is 4.39 Å². The van der Waals surface area contributed by atoms with Gasteiger partial charge in [-0.3, -0.25) is 19.2 Å². The first kappa shape index (κ1) is 46.9. The highest BCUT2D eigenvalue weighted by Gasteiger charge is 2.38. The van der Waals surface area contributed by atoms with E-state index in [1.54, 1.807) is 52.3 Å². The number of hydrogen-bond acceptors (Lipinski definition) is 9. The predicted octanol–water partition coefficient (Wildman–Crippen LogP) is 7.64. The number of amides is 3. The Morgan fingerprint density at radius 1 is 0.848 bits per heavy atom. The molecule has 5 aromatic rings. The van der Waals surface area contributed by atoms with Gasteiger partial charge in [0.2, 0.25) is 5.91 Å². The van der Waals surface area contributed by atoms with E-state index in [0.29, 0.717) is 91.3 Å². The zero-order valence-electron chi connectivity index (χ0n) is 36.2. The van der Waals surface area contributed by atoms with Crippen LogP contribution in [-0.4, -0.2) is 82.3 Å². The first-order chi connectivity index (χ1) is 31.7. The molecule has 3 amide bonds. The molecule has 0 bridgehead atoms. The second-order valence-electron chi connectivity index (χ2n) is 16.6. The Morgan fingerprint density at radius 2 is 1.55 bits per heavy atom. The van der Waals surface area contributed by atoms with Crippen molar-refractivity contribution in [1.29, 1.82) is 10.5 Å². The summed E-state index contributed by atoms with van der Waals surface area (Å²) in [6.07, 6.45) is -0.531. The maximum Gasteiger partial charge on any atom is 0.417 e. The Bertz CT molecular complexity index is 2750. The normalized spacial score (nSPS) is 14.8. The van der Waals surface area contributed by atoms with Crippen LogP contribution in [0.3, 0.4) is 0 Å². The fraction of sp³-hybridized carbons (Fsp3) is 0.367. The highest BCUT2D eigenvalue weighted by Crippen LogP contribution is 2.34. The molecule has 1 atom stereocenters. The van der Waals surface area contributed by atoms with Gasteiger partial charge in [-0.1, -0.05) is 37.1 Å². The third kappa shape index (κ3) is 11.2. The fourth-order valence-electron chi connectivity index (χ4n) is 7.77. The van der Waals surface area contributed by atoms with Crippen molar-refractivity contribution in [1.82, 2.24) is 19.6 Å². The van der Waals surface area contributed by atoms with Crippen LogP contribution < -0.4 is 15.6 Å². The van der Waals surface area contributed by atoms with Crippen LogP contribution in [0.15, 0.2) is 89.7 Å². The molecular formula is C49H47F4N7O6. The van der Waals surface area contributed by atoms with Crippen molar-refractivity contribution in [2.24, 2.45) is 5.92 Å². The van der Waals surface area contributed by atoms with Crippen LogP contribution in [-0.2, 0) is 33.5 Å². The van der Waals surface area contributed by atoms with Crippen molar-refractivity contribution in [2.75, 3.05) is 44.7 Å². The van der Waals surface area contributed by atoms with Crippen molar-refractivity contribution >= 4 is 34.2 Å². The summed E-state index contributed by atoms with van der Waals surface area (Å²) in [5.74, 6) is -1.35. The number of nitrogens with zero attached hydrogens (tertiary/aromatic N) is 6. The van der Waals surface area contributed by atoms with Gasteiger partial charge in [0, 0.05) is 62.7 Å². The summed E-state index contributed by atoms with van der Waals surface area (Å²) in [7, 11) is 0. The zero-order valence-corrected chi connectivity index (χ0v) is 36.2. The van der Waals surface area contributed by atoms with Crippen LogP contribution >= 0.6 is 0 Å². The minimum atomic E-state index is -4.83. The molecule has 342 valence electrons. The number of aromatic nitrogens is 2. The van der Waals surface area contributed by atoms with E-state index < -0.39 is 40.5 Å². The minimum absolute atomic E-state index is 0.0679. The highest BCUT2D eigenvalue weighted by molar-refractivity contribution is 5.97. The van der Waals surface area contributed by atoms with Crippen LogP contribution in [0, 0.1) is 34.4 Å². The lowest BCUT2D eigenvalue weighted by molar-refractivity contribution is -0.143. The number of ether oxygens (including phenoxy) is 2. The standard InChI is InChI=1S/C49H47F4N7O6/c1-48(31-65-37-17-10-32(29-54)11-18-37,47(64)56-36-16-15-35(30-55)41(28-36)49(51,52)53)66-25-7-3-2-6-20-60-46(63)39-9-5-4-8-38(39)43(57-60)27-33-12-19-42(50)40(26-33)45(62)59-23-21-58(22-24-59)44(61)34-13-14-34/h4-5,8-12,15-19,26,28,34H,2-3,6-7,13-14,20-25,27,31H2,1H3,(H,56,64)/t48-/m0/s1. The van der Waals surface area contributed by atoms with Crippen LogP contribution in [0.25, 0.3) is 10.8 Å². The average Bonchev–Trinajstić information content (AvgIpc) is 4.18. The number of alkyl halides is 3. The number of fused-ring (bicyclic) bond motifs is 1. The number of benzene rings is 4. The van der Waals surface area contributed by atoms with E-state index in [-0.39, 0.29) is 54.8 Å². The molecule has 0 spiro atoms. The van der Waals surface area contributed by atoms with Crippen molar-refractivity contribution in [3.63, 3.8) is 0 Å². The molecule has 17 heteroatoms. The summed E-state index contributed by atoms with van der Waals surface area (Å²) in [5, 5.41) is 26.6. The maximum absolute atomic E-state index is 15.2. The molecule has 0 unspecified atom stereocenters. The second-order valence-corrected chi connectivity index (χ2v) is 16.6. The van der Waals surface area contributed by atoms with Gasteiger partial charge in [0.15, 0.2) is 5.60 Å². The van der Waals surface area contributed by atoms with Gasteiger partial charge in [-0.05, 0) is 98.8 Å². The topological polar surface area (TPSA) is 171 Å². The summed E-state index contributed by atoms with van der Waals surface area (Å²) < 4.78 is 69.5. The fourth-order valence-corrected chi connectivity index (χ4v) is 7.77. The number of nitriles is 2. The lowest BCUT2D eigenvalue weighted by atomic mass is 10.0. The van der Waals surface area contributed by atoms with Crippen LogP contribution in [0.4, 0.5) is 23.2 Å². The Balaban J connectivity index is 0.967. The molecule has 2 fully saturated rings. The largest absolute Gasteiger partial charge is 0.490 e. The molecule has 4 aromatic carbocycles. The molecule has 66 heavy (non-hydrogen) atoms. The summed E-state index contributed by atoms with van der Waals surface area (Å²) in [4.78, 5) is 56.6. The lowest BCUT2D eigenvalue weighted by Gasteiger charge is -2.35. The van der Waals surface area contributed by atoms with Crippen molar-refractivity contribution in [2.45, 2.75) is 70.2 Å². The van der Waals surface area contributed by atoms with Gasteiger partial charge in [-0.25, -0.2) is 9.07 Å². The number of unbranched alkanes of at least 4 members (excludes halogenated alkanes) is 3. The first-order valence-corrected chi connectivity index (χ1v) is 21.7. The molecule has 1 aromatic heterocycles. The van der Waals surface area contributed by atoms with Crippen molar-refractivity contribution in [3.8, 4) is 17.9 Å². The molecule has 1 saturated carbocycles. The summed E-state index contributed by atoms with van der Waals surface area (Å²) in [6, 6.07) is 24.0. The van der Waals surface area contributed by atoms with E-state index in [4.69, 9.17) is 19.8 Å². The molecule has 2 aliphatic rings. The number of rotatable bonds is 17. The average molecular weight is 906 g/mol. The number of nitrogens with one attached hydrogen (secondary N) is 1. The maximum atomic E-state index is 15.2. The number of carbonyl (C=O) groups excluding carboxylic acids is 3. The number of halogens is 4. The van der Waals surface area contributed by atoms with E-state index in [1.807, 2.05) is 6.07 Å². The van der Waals surface area contributed by atoms with Gasteiger partial charge in [-0.2, -0.15) is 28.8 Å². The van der Waals surface area contributed by atoms with Crippen LogP contribution in [0.2, 0.25) is 0 Å². The molecule has 2 heterocycles. The highest BCUT2D eigenvalue weighted by atomic mass is 19.4. The van der Waals surface area contributed by atoms with Crippen molar-refractivity contribution in [3.05, 3.63) is 135 Å². The van der Waals surface area contributed by atoms with E-state index in [2.05, 4.69) is 5.32 Å². The van der Waals surface area contributed by atoms with Crippen LogP contribution in [0.1, 0.15) is 83.8 Å². The molecule has 13 nitrogen and oxygen atoms in total. The predicted molar refractivity (Wildman–Crippen MR) is 235 cm³/mol. The van der Waals surface area contributed by atoms with Gasteiger partial charge in [0.25, 0.3) is 17.4 Å². The SMILES string of the molecule is C[C@@](COc1ccc(C#N)cc1)(OCCCCCCn1nc(Cc2ccc(F)c(C(=O)N3CCN(C(=O)C4CC4)CC3)c2)c2ccccc2c1=O)C(=O)Nc1ccc(C#N)c(C(F)(F)F)c1. The molecule has 1 saturated heterocycles. The van der Waals surface area contributed by atoms with Crippen LogP contribution in [0.5, 0.6) is 5.75 Å². The smallest absolute Gasteiger partial charge is 0.417 e. The number of hydrogen-bond donors (Lipinski definition) is 1. The van der Waals surface area contributed by atoms with Gasteiger partial charge < -0.3 is 24.6 Å². The molecule has 1 aliphatic heterocycles. The number of aryl methyl sites for hydroxylation is 1. The first-order valence-electron chi connectivity index (χ1n) is 21.7. The summed E-state index contributed by atoms with van der Waals surface area (Å²) >= 11 is 0. The molecule has 1 aliphatic carbocycles. The number of carbonyl (C=O) groups is 3. The second kappa shape index (κ2) is 20.4. The van der Waals surface area contributed by atoms with Gasteiger partial charge in [0.1, 0.15) is 18.2 Å². The van der Waals surface area contributed by atoms with Gasteiger partial charge in [-0.15, -0.1) is 0 Å². The molecule has 0 radical (unpaired) electrons. The minimum Gasteiger partial charge on any atom is -0.490 e. The Labute approximate surface area is 378 Å². The van der Waals surface area contributed by atoms with Crippen molar-refractivity contribution < 1.29 is 41.4 Å².